The van der Waals surface area contributed by atoms with Crippen LogP contribution in [0, 0.1) is 10.1 Å². The molecule has 1 rings (SSSR count). The van der Waals surface area contributed by atoms with Crippen LogP contribution in [-0.4, -0.2) is 21.7 Å². The van der Waals surface area contributed by atoms with E-state index in [1.165, 1.54) is 12.2 Å². The van der Waals surface area contributed by atoms with Gasteiger partial charge in [-0.05, 0) is 13.0 Å². The zero-order valence-corrected chi connectivity index (χ0v) is 13.3. The van der Waals surface area contributed by atoms with Crippen LogP contribution in [0.5, 0.6) is 0 Å². The van der Waals surface area contributed by atoms with Crippen molar-refractivity contribution in [1.82, 2.24) is 10.3 Å². The van der Waals surface area contributed by atoms with Crippen molar-refractivity contribution in [3.63, 3.8) is 0 Å². The largest absolute Gasteiger partial charge is 0.289 e. The summed E-state index contributed by atoms with van der Waals surface area (Å²) < 4.78 is -0.478. The van der Waals surface area contributed by atoms with Crippen LogP contribution in [0.1, 0.15) is 26.7 Å². The van der Waals surface area contributed by atoms with Crippen LogP contribution in [0.3, 0.4) is 0 Å². The summed E-state index contributed by atoms with van der Waals surface area (Å²) in [5.74, 6) is -1.38. The Morgan fingerprint density at radius 2 is 2.15 bits per heavy atom. The van der Waals surface area contributed by atoms with Crippen molar-refractivity contribution < 1.29 is 14.5 Å². The highest BCUT2D eigenvalue weighted by atomic mass is 79.9. The minimum absolute atomic E-state index is 0.0594. The quantitative estimate of drug-likeness (QED) is 0.358. The molecule has 0 atom stereocenters. The third-order valence-corrected chi connectivity index (χ3v) is 2.99. The fourth-order valence-corrected chi connectivity index (χ4v) is 2.02. The maximum atomic E-state index is 12.0. The van der Waals surface area contributed by atoms with E-state index in [0.717, 1.165) is 12.3 Å². The second-order valence-corrected chi connectivity index (χ2v) is 6.56. The molecule has 0 aliphatic heterocycles. The van der Waals surface area contributed by atoms with Crippen molar-refractivity contribution in [3.05, 3.63) is 45.8 Å². The summed E-state index contributed by atoms with van der Waals surface area (Å²) in [6.07, 6.45) is 3.67. The number of nitrogens with zero attached hydrogens (tertiary/aromatic N) is 2. The molecule has 1 aromatic rings. The molecule has 0 aliphatic carbocycles. The lowest BCUT2D eigenvalue weighted by atomic mass is 10.2. The van der Waals surface area contributed by atoms with Gasteiger partial charge in [0.1, 0.15) is 9.93 Å². The van der Waals surface area contributed by atoms with Gasteiger partial charge in [-0.15, -0.1) is 0 Å². The fraction of sp³-hybridized carbons (Fsp3) is 0.182. The summed E-state index contributed by atoms with van der Waals surface area (Å²) in [5, 5.41) is 12.8. The van der Waals surface area contributed by atoms with Crippen molar-refractivity contribution in [2.45, 2.75) is 10.7 Å². The molecule has 106 valence electrons. The van der Waals surface area contributed by atoms with Gasteiger partial charge in [0, 0.05) is 6.07 Å². The summed E-state index contributed by atoms with van der Waals surface area (Å²) in [5.41, 5.74) is -0.157. The highest BCUT2D eigenvalue weighted by molar-refractivity contribution is 9.24. The van der Waals surface area contributed by atoms with Crippen LogP contribution < -0.4 is 5.32 Å². The standard InChI is InChI=1S/C11H9Br2N3O4/c1-2-3-8(17)15-11(18)7-4-6(16(19)20)5-14-9(7)10(12)13/h2-5,10H,1H3,(H,15,17,18)/b3-2+. The number of carbonyl (C=O) groups is 2. The Kier molecular flexibility index (Phi) is 5.96. The smallest absolute Gasteiger partial charge is 0.288 e. The van der Waals surface area contributed by atoms with Crippen LogP contribution in [0.15, 0.2) is 24.4 Å². The van der Waals surface area contributed by atoms with Crippen molar-refractivity contribution >= 4 is 49.4 Å². The number of alkyl halides is 2. The topological polar surface area (TPSA) is 102 Å². The van der Waals surface area contributed by atoms with E-state index in [1.54, 1.807) is 6.92 Å². The molecule has 0 spiro atoms. The molecule has 0 bridgehead atoms. The third-order valence-electron chi connectivity index (χ3n) is 2.12. The number of nitrogens with one attached hydrogen (secondary N) is 1. The maximum Gasteiger partial charge on any atom is 0.288 e. The number of hydrogen-bond donors (Lipinski definition) is 1. The Morgan fingerprint density at radius 1 is 1.50 bits per heavy atom. The zero-order chi connectivity index (χ0) is 15.3. The summed E-state index contributed by atoms with van der Waals surface area (Å²) in [7, 11) is 0. The van der Waals surface area contributed by atoms with Crippen molar-refractivity contribution in [2.75, 3.05) is 0 Å². The second kappa shape index (κ2) is 7.25. The molecule has 0 radical (unpaired) electrons. The molecular formula is C11H9Br2N3O4. The van der Waals surface area contributed by atoms with E-state index >= 15 is 0 Å². The highest BCUT2D eigenvalue weighted by Crippen LogP contribution is 2.31. The molecule has 2 amide bonds. The Morgan fingerprint density at radius 3 is 2.65 bits per heavy atom. The number of imide groups is 1. The highest BCUT2D eigenvalue weighted by Gasteiger charge is 2.22. The van der Waals surface area contributed by atoms with Crippen molar-refractivity contribution in [2.24, 2.45) is 0 Å². The van der Waals surface area contributed by atoms with Gasteiger partial charge >= 0.3 is 0 Å². The summed E-state index contributed by atoms with van der Waals surface area (Å²) >= 11 is 6.33. The number of amides is 2. The lowest BCUT2D eigenvalue weighted by Crippen LogP contribution is -2.30. The number of aromatic nitrogens is 1. The van der Waals surface area contributed by atoms with E-state index in [9.17, 15) is 19.7 Å². The number of pyridine rings is 1. The molecule has 1 heterocycles. The third kappa shape index (κ3) is 4.20. The average Bonchev–Trinajstić information content (AvgIpc) is 2.37. The van der Waals surface area contributed by atoms with E-state index in [4.69, 9.17) is 0 Å². The number of nitro groups is 1. The average molecular weight is 407 g/mol. The Labute approximate surface area is 130 Å². The summed E-state index contributed by atoms with van der Waals surface area (Å²) in [6, 6.07) is 1.07. The van der Waals surface area contributed by atoms with Crippen molar-refractivity contribution in [1.29, 1.82) is 0 Å². The van der Waals surface area contributed by atoms with E-state index in [0.29, 0.717) is 0 Å². The number of hydrogen-bond acceptors (Lipinski definition) is 5. The minimum atomic E-state index is -0.761. The first kappa shape index (κ1) is 16.4. The molecule has 0 saturated carbocycles. The molecule has 20 heavy (non-hydrogen) atoms. The van der Waals surface area contributed by atoms with Crippen molar-refractivity contribution in [3.8, 4) is 0 Å². The normalized spacial score (nSPS) is 10.8. The number of rotatable bonds is 4. The molecule has 9 heteroatoms. The molecular weight excluding hydrogens is 398 g/mol. The van der Waals surface area contributed by atoms with Gasteiger partial charge < -0.3 is 0 Å². The first-order chi connectivity index (χ1) is 9.36. The molecule has 1 N–H and O–H groups in total. The van der Waals surface area contributed by atoms with Crippen LogP contribution >= 0.6 is 31.9 Å². The summed E-state index contributed by atoms with van der Waals surface area (Å²) in [6.45, 7) is 1.62. The van der Waals surface area contributed by atoms with Gasteiger partial charge in [-0.25, -0.2) is 0 Å². The predicted octanol–water partition coefficient (Wildman–Crippen LogP) is 2.61. The van der Waals surface area contributed by atoms with Gasteiger partial charge in [-0.1, -0.05) is 37.9 Å². The number of allylic oxidation sites excluding steroid dienone is 1. The summed E-state index contributed by atoms with van der Waals surface area (Å²) in [4.78, 5) is 37.2. The molecule has 0 aromatic carbocycles. The van der Waals surface area contributed by atoms with E-state index in [-0.39, 0.29) is 16.9 Å². The zero-order valence-electron chi connectivity index (χ0n) is 10.2. The number of carbonyl (C=O) groups excluding carboxylic acids is 2. The molecule has 1 aromatic heterocycles. The second-order valence-electron chi connectivity index (χ2n) is 3.50. The lowest BCUT2D eigenvalue weighted by Gasteiger charge is -2.08. The molecule has 0 aliphatic rings. The first-order valence-electron chi connectivity index (χ1n) is 5.27. The van der Waals surface area contributed by atoms with Gasteiger partial charge in [-0.2, -0.15) is 0 Å². The van der Waals surface area contributed by atoms with Crippen LogP contribution in [0.4, 0.5) is 5.69 Å². The lowest BCUT2D eigenvalue weighted by molar-refractivity contribution is -0.385. The van der Waals surface area contributed by atoms with Crippen LogP contribution in [0.25, 0.3) is 0 Å². The predicted molar refractivity (Wildman–Crippen MR) is 78.8 cm³/mol. The fourth-order valence-electron chi connectivity index (χ4n) is 1.29. The first-order valence-corrected chi connectivity index (χ1v) is 7.10. The van der Waals surface area contributed by atoms with Crippen LogP contribution in [-0.2, 0) is 4.79 Å². The van der Waals surface area contributed by atoms with Gasteiger partial charge in [-0.3, -0.25) is 30.0 Å². The minimum Gasteiger partial charge on any atom is -0.289 e. The molecule has 0 unspecified atom stereocenters. The SMILES string of the molecule is C/C=C/C(=O)NC(=O)c1cc([N+](=O)[O-])cnc1C(Br)Br. The van der Waals surface area contributed by atoms with E-state index in [1.807, 2.05) is 0 Å². The van der Waals surface area contributed by atoms with Gasteiger partial charge in [0.05, 0.1) is 16.2 Å². The number of halogens is 2. The molecule has 0 saturated heterocycles. The van der Waals surface area contributed by atoms with Gasteiger partial charge in [0.15, 0.2) is 0 Å². The molecule has 0 fully saturated rings. The van der Waals surface area contributed by atoms with Gasteiger partial charge in [0.2, 0.25) is 5.91 Å². The van der Waals surface area contributed by atoms with E-state index in [2.05, 4.69) is 42.2 Å². The van der Waals surface area contributed by atoms with Gasteiger partial charge in [0.25, 0.3) is 11.6 Å². The maximum absolute atomic E-state index is 12.0. The Bertz CT molecular complexity index is 587. The Balaban J connectivity index is 3.18. The monoisotopic (exact) mass is 405 g/mol. The Hall–Kier alpha value is -1.61. The van der Waals surface area contributed by atoms with Crippen LogP contribution in [0.2, 0.25) is 0 Å². The molecule has 7 nitrogen and oxygen atoms in total. The van der Waals surface area contributed by atoms with E-state index < -0.39 is 20.5 Å².